The number of sulfonamides is 1. The lowest BCUT2D eigenvalue weighted by molar-refractivity contribution is -0.384. The summed E-state index contributed by atoms with van der Waals surface area (Å²) in [5.41, 5.74) is 0.588. The Morgan fingerprint density at radius 2 is 2.06 bits per heavy atom. The molecular formula is C24H32N4O7S. The van der Waals surface area contributed by atoms with Crippen molar-refractivity contribution < 1.29 is 27.7 Å². The van der Waals surface area contributed by atoms with E-state index in [1.807, 2.05) is 0 Å². The number of non-ortho nitro benzene ring substituents is 1. The quantitative estimate of drug-likeness (QED) is 0.203. The van der Waals surface area contributed by atoms with Crippen LogP contribution in [0.1, 0.15) is 45.7 Å². The van der Waals surface area contributed by atoms with Crippen LogP contribution in [0.3, 0.4) is 0 Å². The maximum atomic E-state index is 13.0. The van der Waals surface area contributed by atoms with Crippen LogP contribution in [0.2, 0.25) is 0 Å². The number of amides is 2. The van der Waals surface area contributed by atoms with Gasteiger partial charge >= 0.3 is 12.0 Å². The van der Waals surface area contributed by atoms with Crippen LogP contribution in [-0.4, -0.2) is 60.8 Å². The van der Waals surface area contributed by atoms with Crippen LogP contribution in [-0.2, 0) is 19.6 Å². The normalized spacial score (nSPS) is 16.6. The highest BCUT2D eigenvalue weighted by Gasteiger charge is 2.39. The van der Waals surface area contributed by atoms with E-state index in [0.717, 1.165) is 4.31 Å². The summed E-state index contributed by atoms with van der Waals surface area (Å²) in [6.45, 7) is 10.3. The Morgan fingerprint density at radius 1 is 1.39 bits per heavy atom. The molecular weight excluding hydrogens is 488 g/mol. The van der Waals surface area contributed by atoms with Gasteiger partial charge in [0, 0.05) is 38.0 Å². The Kier molecular flexibility index (Phi) is 9.54. The number of carbonyl (C=O) groups is 2. The smallest absolute Gasteiger partial charge is 0.338 e. The fourth-order valence-corrected chi connectivity index (χ4v) is 4.84. The number of ether oxygens (including phenoxy) is 1. The maximum absolute atomic E-state index is 13.0. The van der Waals surface area contributed by atoms with E-state index in [2.05, 4.69) is 11.9 Å². The molecule has 12 heteroatoms. The number of urea groups is 1. The third-order valence-corrected chi connectivity index (χ3v) is 7.27. The molecule has 1 aliphatic heterocycles. The van der Waals surface area contributed by atoms with Crippen molar-refractivity contribution in [2.24, 2.45) is 0 Å². The first kappa shape index (κ1) is 28.7. The van der Waals surface area contributed by atoms with Crippen LogP contribution in [0, 0.1) is 10.1 Å². The van der Waals surface area contributed by atoms with Crippen molar-refractivity contribution in [1.82, 2.24) is 14.5 Å². The Balaban J connectivity index is 2.42. The highest BCUT2D eigenvalue weighted by Crippen LogP contribution is 2.36. The maximum Gasteiger partial charge on any atom is 0.338 e. The summed E-state index contributed by atoms with van der Waals surface area (Å²) in [5.74, 6) is -0.661. The summed E-state index contributed by atoms with van der Waals surface area (Å²) in [7, 11) is -2.36. The van der Waals surface area contributed by atoms with Crippen LogP contribution in [0.25, 0.3) is 0 Å². The molecule has 1 atom stereocenters. The van der Waals surface area contributed by atoms with Crippen LogP contribution in [0.4, 0.5) is 10.5 Å². The molecule has 11 nitrogen and oxygen atoms in total. The number of allylic oxidation sites excluding steroid dienone is 3. The van der Waals surface area contributed by atoms with E-state index in [4.69, 9.17) is 4.74 Å². The minimum atomic E-state index is -3.77. The molecule has 1 heterocycles. The molecule has 1 N–H and O–H groups in total. The van der Waals surface area contributed by atoms with Gasteiger partial charge in [-0.3, -0.25) is 10.1 Å². The van der Waals surface area contributed by atoms with Crippen molar-refractivity contribution in [2.45, 2.75) is 46.3 Å². The monoisotopic (exact) mass is 520 g/mol. The number of nitro benzene ring substituents is 1. The summed E-state index contributed by atoms with van der Waals surface area (Å²) in [6.07, 6.45) is 2.76. The van der Waals surface area contributed by atoms with Crippen LogP contribution < -0.4 is 5.32 Å². The molecule has 2 rings (SSSR count). The second-order valence-electron chi connectivity index (χ2n) is 8.52. The molecule has 0 aromatic heterocycles. The lowest BCUT2D eigenvalue weighted by Gasteiger charge is -2.38. The van der Waals surface area contributed by atoms with Crippen molar-refractivity contribution in [1.29, 1.82) is 0 Å². The second kappa shape index (κ2) is 12.0. The van der Waals surface area contributed by atoms with Crippen molar-refractivity contribution in [3.63, 3.8) is 0 Å². The molecule has 0 radical (unpaired) electrons. The molecule has 0 saturated carbocycles. The van der Waals surface area contributed by atoms with Crippen molar-refractivity contribution in [3.05, 3.63) is 74.8 Å². The zero-order valence-electron chi connectivity index (χ0n) is 21.1. The van der Waals surface area contributed by atoms with Crippen molar-refractivity contribution in [3.8, 4) is 0 Å². The van der Waals surface area contributed by atoms with Gasteiger partial charge in [-0.2, -0.15) is 0 Å². The highest BCUT2D eigenvalue weighted by molar-refractivity contribution is 7.93. The molecule has 36 heavy (non-hydrogen) atoms. The zero-order valence-corrected chi connectivity index (χ0v) is 21.9. The number of rotatable bonds is 11. The first-order chi connectivity index (χ1) is 16.8. The third-order valence-electron chi connectivity index (χ3n) is 5.47. The Bertz CT molecular complexity index is 1200. The number of hydrogen-bond acceptors (Lipinski definition) is 7. The number of nitrogens with one attached hydrogen (secondary N) is 1. The van der Waals surface area contributed by atoms with Gasteiger partial charge in [0.1, 0.15) is 0 Å². The second-order valence-corrected chi connectivity index (χ2v) is 10.6. The van der Waals surface area contributed by atoms with Gasteiger partial charge in [0.25, 0.3) is 5.69 Å². The van der Waals surface area contributed by atoms with E-state index in [1.165, 1.54) is 36.2 Å². The van der Waals surface area contributed by atoms with Crippen LogP contribution in [0.5, 0.6) is 0 Å². The Hall–Kier alpha value is -3.51. The summed E-state index contributed by atoms with van der Waals surface area (Å²) in [6, 6.07) is 4.21. The van der Waals surface area contributed by atoms with Gasteiger partial charge in [0.2, 0.25) is 10.0 Å². The molecule has 1 aliphatic rings. The van der Waals surface area contributed by atoms with Gasteiger partial charge in [-0.1, -0.05) is 24.8 Å². The first-order valence-electron chi connectivity index (χ1n) is 11.3. The van der Waals surface area contributed by atoms with E-state index in [0.29, 0.717) is 5.56 Å². The van der Waals surface area contributed by atoms with Crippen LogP contribution >= 0.6 is 0 Å². The molecule has 196 valence electrons. The van der Waals surface area contributed by atoms with Crippen LogP contribution in [0.15, 0.2) is 59.2 Å². The Morgan fingerprint density at radius 3 is 2.64 bits per heavy atom. The highest BCUT2D eigenvalue weighted by atomic mass is 32.2. The summed E-state index contributed by atoms with van der Waals surface area (Å²) in [5, 5.41) is 14.0. The molecule has 2 amide bonds. The SMILES string of the molecule is C=C(/C=C\C)S(=O)(=O)N(C)CCCN1C(=O)NC(C)=C(C(=O)OC(C)C)C1c1cccc([N+](=O)[O-])c1. The minimum Gasteiger partial charge on any atom is -0.459 e. The number of nitro groups is 1. The fourth-order valence-electron chi connectivity index (χ4n) is 3.76. The van der Waals surface area contributed by atoms with Gasteiger partial charge < -0.3 is 15.0 Å². The number of benzene rings is 1. The number of hydrogen-bond donors (Lipinski definition) is 1. The topological polar surface area (TPSA) is 139 Å². The summed E-state index contributed by atoms with van der Waals surface area (Å²) in [4.78, 5) is 38.1. The lowest BCUT2D eigenvalue weighted by Crippen LogP contribution is -2.49. The van der Waals surface area contributed by atoms with Gasteiger partial charge in [-0.15, -0.1) is 0 Å². The molecule has 0 spiro atoms. The fraction of sp³-hybridized carbons (Fsp3) is 0.417. The van der Waals surface area contributed by atoms with Gasteiger partial charge in [-0.05, 0) is 45.8 Å². The summed E-state index contributed by atoms with van der Waals surface area (Å²) < 4.78 is 31.7. The van der Waals surface area contributed by atoms with E-state index in [-0.39, 0.29) is 41.4 Å². The van der Waals surface area contributed by atoms with Crippen molar-refractivity contribution >= 4 is 27.7 Å². The lowest BCUT2D eigenvalue weighted by atomic mass is 9.93. The number of esters is 1. The molecule has 0 fully saturated rings. The molecule has 1 aromatic carbocycles. The van der Waals surface area contributed by atoms with Gasteiger partial charge in [0.05, 0.1) is 27.5 Å². The van der Waals surface area contributed by atoms with E-state index in [1.54, 1.807) is 39.8 Å². The molecule has 0 aliphatic carbocycles. The molecule has 0 saturated heterocycles. The Labute approximate surface area is 211 Å². The standard InChI is InChI=1S/C24H32N4O7S/c1-7-10-17(4)36(33,34)26(6)13-9-14-27-22(19-11-8-12-20(15-19)28(31)32)21(18(5)25-24(27)30)23(29)35-16(2)3/h7-8,10-12,15-16,22H,4,9,13-14H2,1-3,5-6H3,(H,25,30)/b10-7-. The predicted molar refractivity (Wildman–Crippen MR) is 135 cm³/mol. The molecule has 1 aromatic rings. The average molecular weight is 521 g/mol. The third kappa shape index (κ3) is 6.58. The van der Waals surface area contributed by atoms with Gasteiger partial charge in [-0.25, -0.2) is 22.3 Å². The molecule has 1 unspecified atom stereocenters. The van der Waals surface area contributed by atoms with Gasteiger partial charge in [0.15, 0.2) is 0 Å². The minimum absolute atomic E-state index is 0.0564. The number of carbonyl (C=O) groups excluding carboxylic acids is 2. The largest absolute Gasteiger partial charge is 0.459 e. The zero-order chi connectivity index (χ0) is 27.2. The predicted octanol–water partition coefficient (Wildman–Crippen LogP) is 3.63. The molecule has 0 bridgehead atoms. The van der Waals surface area contributed by atoms with E-state index in [9.17, 15) is 28.1 Å². The van der Waals surface area contributed by atoms with Crippen molar-refractivity contribution in [2.75, 3.05) is 20.1 Å². The number of nitrogens with zero attached hydrogens (tertiary/aromatic N) is 3. The van der Waals surface area contributed by atoms with E-state index >= 15 is 0 Å². The summed E-state index contributed by atoms with van der Waals surface area (Å²) >= 11 is 0. The average Bonchev–Trinajstić information content (AvgIpc) is 2.79. The van der Waals surface area contributed by atoms with E-state index < -0.39 is 39.1 Å². The first-order valence-corrected chi connectivity index (χ1v) is 12.8.